The molecule has 3 aromatic rings. The quantitative estimate of drug-likeness (QED) is 0.658. The van der Waals surface area contributed by atoms with Gasteiger partial charge in [0.05, 0.1) is 11.6 Å². The lowest BCUT2D eigenvalue weighted by Crippen LogP contribution is -2.25. The lowest BCUT2D eigenvalue weighted by atomic mass is 10.0. The number of hydrogen-bond donors (Lipinski definition) is 0. The summed E-state index contributed by atoms with van der Waals surface area (Å²) in [5.74, 6) is -0.747. The third-order valence-electron chi connectivity index (χ3n) is 4.95. The van der Waals surface area contributed by atoms with Crippen molar-refractivity contribution in [3.8, 4) is 11.4 Å². The number of halogens is 2. The Kier molecular flexibility index (Phi) is 4.66. The van der Waals surface area contributed by atoms with Crippen molar-refractivity contribution < 1.29 is 18.1 Å². The molecule has 0 saturated carbocycles. The molecule has 2 aromatic carbocycles. The smallest absolute Gasteiger partial charge is 0.232 e. The Labute approximate surface area is 161 Å². The molecule has 7 heteroatoms. The van der Waals surface area contributed by atoms with Crippen molar-refractivity contribution in [2.45, 2.75) is 32.1 Å². The molecule has 5 nitrogen and oxygen atoms in total. The Morgan fingerprint density at radius 1 is 1.14 bits per heavy atom. The molecule has 28 heavy (non-hydrogen) atoms. The van der Waals surface area contributed by atoms with Gasteiger partial charge < -0.3 is 9.42 Å². The highest BCUT2D eigenvalue weighted by Crippen LogP contribution is 2.33. The number of benzene rings is 2. The maximum Gasteiger partial charge on any atom is 0.232 e. The summed E-state index contributed by atoms with van der Waals surface area (Å²) in [4.78, 5) is 18.0. The largest absolute Gasteiger partial charge is 0.339 e. The minimum absolute atomic E-state index is 0.0727. The first-order valence-corrected chi connectivity index (χ1v) is 9.11. The van der Waals surface area contributed by atoms with E-state index in [0.717, 1.165) is 23.8 Å². The van der Waals surface area contributed by atoms with E-state index in [1.165, 1.54) is 10.5 Å². The SMILES string of the molecule is CC(C)c1ccc(-c2noc(C3CC(=O)N(c4cc(F)ccc4F)C3)n2)cc1. The van der Waals surface area contributed by atoms with Gasteiger partial charge in [-0.1, -0.05) is 43.3 Å². The number of anilines is 1. The highest BCUT2D eigenvalue weighted by Gasteiger charge is 2.36. The highest BCUT2D eigenvalue weighted by atomic mass is 19.1. The maximum atomic E-state index is 14.0. The number of aromatic nitrogens is 2. The first-order chi connectivity index (χ1) is 13.4. The van der Waals surface area contributed by atoms with Crippen LogP contribution in [0, 0.1) is 11.6 Å². The Balaban J connectivity index is 1.55. The van der Waals surface area contributed by atoms with Crippen LogP contribution in [0.25, 0.3) is 11.4 Å². The van der Waals surface area contributed by atoms with E-state index in [1.807, 2.05) is 24.3 Å². The van der Waals surface area contributed by atoms with Crippen LogP contribution in [0.4, 0.5) is 14.5 Å². The molecule has 2 heterocycles. The van der Waals surface area contributed by atoms with Gasteiger partial charge in [0, 0.05) is 24.6 Å². The van der Waals surface area contributed by atoms with E-state index in [2.05, 4.69) is 24.0 Å². The molecule has 1 amide bonds. The first kappa shape index (κ1) is 18.3. The van der Waals surface area contributed by atoms with Crippen LogP contribution in [0.3, 0.4) is 0 Å². The zero-order valence-electron chi connectivity index (χ0n) is 15.5. The van der Waals surface area contributed by atoms with Gasteiger partial charge in [-0.25, -0.2) is 8.78 Å². The summed E-state index contributed by atoms with van der Waals surface area (Å²) in [7, 11) is 0. The molecule has 0 spiro atoms. The fourth-order valence-corrected chi connectivity index (χ4v) is 3.33. The molecule has 1 aromatic heterocycles. The Bertz CT molecular complexity index is 1010. The third-order valence-corrected chi connectivity index (χ3v) is 4.95. The molecule has 144 valence electrons. The average Bonchev–Trinajstić information content (AvgIpc) is 3.31. The second-order valence-electron chi connectivity index (χ2n) is 7.23. The maximum absolute atomic E-state index is 14.0. The van der Waals surface area contributed by atoms with Crippen molar-refractivity contribution in [1.29, 1.82) is 0 Å². The molecular weight excluding hydrogens is 364 g/mol. The average molecular weight is 383 g/mol. The van der Waals surface area contributed by atoms with E-state index in [9.17, 15) is 13.6 Å². The number of nitrogens with zero attached hydrogens (tertiary/aromatic N) is 3. The number of carbonyl (C=O) groups excluding carboxylic acids is 1. The summed E-state index contributed by atoms with van der Waals surface area (Å²) in [6, 6.07) is 10.9. The molecule has 1 aliphatic rings. The molecule has 0 radical (unpaired) electrons. The van der Waals surface area contributed by atoms with Crippen LogP contribution < -0.4 is 4.90 Å². The van der Waals surface area contributed by atoms with E-state index in [1.54, 1.807) is 0 Å². The van der Waals surface area contributed by atoms with Crippen LogP contribution >= 0.6 is 0 Å². The molecule has 0 aliphatic carbocycles. The number of carbonyl (C=O) groups is 1. The van der Waals surface area contributed by atoms with Crippen LogP contribution in [-0.2, 0) is 4.79 Å². The van der Waals surface area contributed by atoms with Crippen LogP contribution in [0.1, 0.15) is 43.6 Å². The molecule has 4 rings (SSSR count). The Morgan fingerprint density at radius 2 is 1.89 bits per heavy atom. The Morgan fingerprint density at radius 3 is 2.61 bits per heavy atom. The van der Waals surface area contributed by atoms with Crippen molar-refractivity contribution in [2.24, 2.45) is 0 Å². The third kappa shape index (κ3) is 3.40. The topological polar surface area (TPSA) is 59.2 Å². The van der Waals surface area contributed by atoms with Crippen molar-refractivity contribution in [3.63, 3.8) is 0 Å². The van der Waals surface area contributed by atoms with Crippen LogP contribution in [0.15, 0.2) is 47.0 Å². The molecule has 1 aliphatic heterocycles. The number of rotatable bonds is 4. The van der Waals surface area contributed by atoms with Gasteiger partial charge in [0.2, 0.25) is 17.6 Å². The summed E-state index contributed by atoms with van der Waals surface area (Å²) in [6.07, 6.45) is 0.101. The molecule has 1 saturated heterocycles. The number of hydrogen-bond acceptors (Lipinski definition) is 4. The monoisotopic (exact) mass is 383 g/mol. The predicted molar refractivity (Wildman–Crippen MR) is 99.9 cm³/mol. The van der Waals surface area contributed by atoms with E-state index in [0.29, 0.717) is 17.6 Å². The van der Waals surface area contributed by atoms with Gasteiger partial charge >= 0.3 is 0 Å². The fraction of sp³-hybridized carbons (Fsp3) is 0.286. The van der Waals surface area contributed by atoms with Crippen molar-refractivity contribution in [3.05, 3.63) is 65.6 Å². The van der Waals surface area contributed by atoms with E-state index < -0.39 is 11.6 Å². The number of amides is 1. The van der Waals surface area contributed by atoms with Gasteiger partial charge in [0.25, 0.3) is 0 Å². The second kappa shape index (κ2) is 7.14. The van der Waals surface area contributed by atoms with Gasteiger partial charge in [0.15, 0.2) is 0 Å². The molecule has 1 fully saturated rings. The van der Waals surface area contributed by atoms with Gasteiger partial charge in [-0.2, -0.15) is 4.98 Å². The van der Waals surface area contributed by atoms with E-state index in [4.69, 9.17) is 4.52 Å². The van der Waals surface area contributed by atoms with Crippen LogP contribution in [0.5, 0.6) is 0 Å². The predicted octanol–water partition coefficient (Wildman–Crippen LogP) is 4.66. The zero-order chi connectivity index (χ0) is 19.8. The van der Waals surface area contributed by atoms with Crippen molar-refractivity contribution >= 4 is 11.6 Å². The highest BCUT2D eigenvalue weighted by molar-refractivity contribution is 5.96. The van der Waals surface area contributed by atoms with Gasteiger partial charge in [0.1, 0.15) is 11.6 Å². The molecular formula is C21H19F2N3O2. The summed E-state index contributed by atoms with van der Waals surface area (Å²) < 4.78 is 32.9. The minimum Gasteiger partial charge on any atom is -0.339 e. The fourth-order valence-electron chi connectivity index (χ4n) is 3.33. The molecule has 0 bridgehead atoms. The van der Waals surface area contributed by atoms with Crippen LogP contribution in [0.2, 0.25) is 0 Å². The molecule has 0 N–H and O–H groups in total. The normalized spacial score (nSPS) is 17.0. The van der Waals surface area contributed by atoms with E-state index >= 15 is 0 Å². The van der Waals surface area contributed by atoms with E-state index in [-0.39, 0.29) is 30.5 Å². The van der Waals surface area contributed by atoms with Crippen LogP contribution in [-0.4, -0.2) is 22.6 Å². The summed E-state index contributed by atoms with van der Waals surface area (Å²) in [6.45, 7) is 4.39. The summed E-state index contributed by atoms with van der Waals surface area (Å²) in [5, 5.41) is 4.01. The summed E-state index contributed by atoms with van der Waals surface area (Å²) in [5.41, 5.74) is 1.95. The first-order valence-electron chi connectivity index (χ1n) is 9.11. The van der Waals surface area contributed by atoms with Gasteiger partial charge in [-0.05, 0) is 23.6 Å². The lowest BCUT2D eigenvalue weighted by Gasteiger charge is -2.16. The standard InChI is InChI=1S/C21H19F2N3O2/c1-12(2)13-3-5-14(6-4-13)20-24-21(28-25-20)15-9-19(27)26(11-15)18-10-16(22)7-8-17(18)23/h3-8,10,12,15H,9,11H2,1-2H3. The second-order valence-corrected chi connectivity index (χ2v) is 7.23. The lowest BCUT2D eigenvalue weighted by molar-refractivity contribution is -0.117. The van der Waals surface area contributed by atoms with Crippen molar-refractivity contribution in [2.75, 3.05) is 11.4 Å². The molecule has 1 unspecified atom stereocenters. The van der Waals surface area contributed by atoms with Gasteiger partial charge in [-0.15, -0.1) is 0 Å². The van der Waals surface area contributed by atoms with Gasteiger partial charge in [-0.3, -0.25) is 4.79 Å². The summed E-state index contributed by atoms with van der Waals surface area (Å²) >= 11 is 0. The molecule has 1 atom stereocenters. The van der Waals surface area contributed by atoms with Crippen molar-refractivity contribution in [1.82, 2.24) is 10.1 Å². The Hall–Kier alpha value is -3.09. The minimum atomic E-state index is -0.646. The zero-order valence-corrected chi connectivity index (χ0v) is 15.5.